The van der Waals surface area contributed by atoms with E-state index in [1.807, 2.05) is 20.8 Å². The van der Waals surface area contributed by atoms with E-state index >= 15 is 0 Å². The van der Waals surface area contributed by atoms with Gasteiger partial charge in [0.25, 0.3) is 0 Å². The third-order valence-corrected chi connectivity index (χ3v) is 4.19. The lowest BCUT2D eigenvalue weighted by Crippen LogP contribution is -2.21. The van der Waals surface area contributed by atoms with E-state index in [2.05, 4.69) is 0 Å². The number of ketones is 1. The van der Waals surface area contributed by atoms with E-state index in [0.717, 1.165) is 0 Å². The fourth-order valence-electron chi connectivity index (χ4n) is 1.61. The van der Waals surface area contributed by atoms with Crippen LogP contribution in [0.2, 0.25) is 0 Å². The molecule has 0 spiro atoms. The third-order valence-electron chi connectivity index (χ3n) is 2.33. The Morgan fingerprint density at radius 1 is 1.20 bits per heavy atom. The summed E-state index contributed by atoms with van der Waals surface area (Å²) >= 11 is 0. The summed E-state index contributed by atoms with van der Waals surface area (Å²) in [5, 5.41) is 0. The highest BCUT2D eigenvalue weighted by Gasteiger charge is 2.22. The van der Waals surface area contributed by atoms with Gasteiger partial charge in [-0.1, -0.05) is 20.8 Å². The van der Waals surface area contributed by atoms with Crippen molar-refractivity contribution < 1.29 is 13.2 Å². The van der Waals surface area contributed by atoms with Crippen LogP contribution in [0.5, 0.6) is 0 Å². The predicted molar refractivity (Wildman–Crippen MR) is 62.6 cm³/mol. The largest absolute Gasteiger partial charge is 0.300 e. The van der Waals surface area contributed by atoms with Gasteiger partial charge in [0, 0.05) is 12.2 Å². The van der Waals surface area contributed by atoms with Crippen LogP contribution < -0.4 is 0 Å². The summed E-state index contributed by atoms with van der Waals surface area (Å²) in [5.41, 5.74) is -0.202. The summed E-state index contributed by atoms with van der Waals surface area (Å²) in [6.45, 7) is 7.28. The Labute approximate surface area is 93.2 Å². The molecule has 0 aromatic rings. The quantitative estimate of drug-likeness (QED) is 0.678. The lowest BCUT2D eigenvalue weighted by molar-refractivity contribution is -0.118. The molecule has 0 aromatic carbocycles. The number of hydrogen-bond acceptors (Lipinski definition) is 3. The number of hydrogen-bond donors (Lipinski definition) is 0. The van der Waals surface area contributed by atoms with Gasteiger partial charge in [-0.05, 0) is 25.2 Å². The molecule has 0 rings (SSSR count). The zero-order valence-electron chi connectivity index (χ0n) is 10.2. The first-order valence-electron chi connectivity index (χ1n) is 5.38. The van der Waals surface area contributed by atoms with E-state index in [0.29, 0.717) is 19.3 Å². The number of sulfone groups is 1. The SMILES string of the molecule is CCCS(=O)(=O)CCC(C)(C)CC(C)=O. The fraction of sp³-hybridized carbons (Fsp3) is 0.909. The highest BCUT2D eigenvalue weighted by Crippen LogP contribution is 2.26. The third kappa shape index (κ3) is 7.54. The maximum Gasteiger partial charge on any atom is 0.150 e. The van der Waals surface area contributed by atoms with Gasteiger partial charge in [0.1, 0.15) is 15.6 Å². The Kier molecular flexibility index (Phi) is 5.49. The van der Waals surface area contributed by atoms with Crippen molar-refractivity contribution in [3.63, 3.8) is 0 Å². The van der Waals surface area contributed by atoms with Crippen LogP contribution in [0, 0.1) is 5.41 Å². The minimum atomic E-state index is -2.91. The van der Waals surface area contributed by atoms with Crippen molar-refractivity contribution >= 4 is 15.6 Å². The van der Waals surface area contributed by atoms with Crippen molar-refractivity contribution in [2.75, 3.05) is 11.5 Å². The van der Waals surface area contributed by atoms with Crippen molar-refractivity contribution in [2.24, 2.45) is 5.41 Å². The van der Waals surface area contributed by atoms with Crippen LogP contribution in [0.4, 0.5) is 0 Å². The molecule has 15 heavy (non-hydrogen) atoms. The van der Waals surface area contributed by atoms with Crippen LogP contribution in [0.3, 0.4) is 0 Å². The predicted octanol–water partition coefficient (Wildman–Crippen LogP) is 2.21. The van der Waals surface area contributed by atoms with E-state index < -0.39 is 9.84 Å². The van der Waals surface area contributed by atoms with Gasteiger partial charge in [-0.3, -0.25) is 0 Å². The first-order chi connectivity index (χ1) is 6.68. The Morgan fingerprint density at radius 2 is 1.73 bits per heavy atom. The molecule has 90 valence electrons. The molecule has 0 bridgehead atoms. The van der Waals surface area contributed by atoms with Gasteiger partial charge in [0.05, 0.1) is 5.75 Å². The van der Waals surface area contributed by atoms with Crippen molar-refractivity contribution in [2.45, 2.75) is 47.0 Å². The van der Waals surface area contributed by atoms with E-state index in [4.69, 9.17) is 0 Å². The molecule has 0 atom stereocenters. The molecule has 0 amide bonds. The average Bonchev–Trinajstić information content (AvgIpc) is 1.99. The minimum Gasteiger partial charge on any atom is -0.300 e. The van der Waals surface area contributed by atoms with Gasteiger partial charge in [-0.15, -0.1) is 0 Å². The van der Waals surface area contributed by atoms with Gasteiger partial charge in [0.2, 0.25) is 0 Å². The summed E-state index contributed by atoms with van der Waals surface area (Å²) in [7, 11) is -2.91. The number of carbonyl (C=O) groups is 1. The molecule has 0 heterocycles. The standard InChI is InChI=1S/C11H22O3S/c1-5-7-15(13,14)8-6-11(3,4)9-10(2)12/h5-9H2,1-4H3. The van der Waals surface area contributed by atoms with Crippen LogP contribution in [0.25, 0.3) is 0 Å². The Hall–Kier alpha value is -0.380. The minimum absolute atomic E-state index is 0.118. The van der Waals surface area contributed by atoms with Gasteiger partial charge >= 0.3 is 0 Å². The molecule has 0 saturated heterocycles. The van der Waals surface area contributed by atoms with Gasteiger partial charge in [-0.2, -0.15) is 0 Å². The Morgan fingerprint density at radius 3 is 2.13 bits per heavy atom. The van der Waals surface area contributed by atoms with E-state index in [1.165, 1.54) is 0 Å². The Bertz CT molecular complexity index is 302. The molecule has 0 unspecified atom stereocenters. The maximum atomic E-state index is 11.5. The van der Waals surface area contributed by atoms with Gasteiger partial charge in [0.15, 0.2) is 0 Å². The van der Waals surface area contributed by atoms with Gasteiger partial charge in [-0.25, -0.2) is 8.42 Å². The summed E-state index contributed by atoms with van der Waals surface area (Å²) in [5.74, 6) is 0.567. The van der Waals surface area contributed by atoms with Crippen LogP contribution in [0.1, 0.15) is 47.0 Å². The zero-order valence-corrected chi connectivity index (χ0v) is 11.0. The van der Waals surface area contributed by atoms with Gasteiger partial charge < -0.3 is 4.79 Å². The Balaban J connectivity index is 4.20. The second kappa shape index (κ2) is 5.64. The second-order valence-corrected chi connectivity index (χ2v) is 7.25. The smallest absolute Gasteiger partial charge is 0.150 e. The molecular formula is C11H22O3S. The maximum absolute atomic E-state index is 11.5. The highest BCUT2D eigenvalue weighted by atomic mass is 32.2. The molecule has 0 saturated carbocycles. The molecule has 0 fully saturated rings. The molecule has 4 heteroatoms. The van der Waals surface area contributed by atoms with Crippen LogP contribution in [-0.2, 0) is 14.6 Å². The first-order valence-corrected chi connectivity index (χ1v) is 7.20. The molecule has 3 nitrogen and oxygen atoms in total. The monoisotopic (exact) mass is 234 g/mol. The summed E-state index contributed by atoms with van der Waals surface area (Å²) in [6.07, 6.45) is 1.68. The van der Waals surface area contributed by atoms with E-state index in [-0.39, 0.29) is 22.7 Å². The topological polar surface area (TPSA) is 51.2 Å². The molecule has 0 aliphatic carbocycles. The second-order valence-electron chi connectivity index (χ2n) is 4.94. The number of carbonyl (C=O) groups excluding carboxylic acids is 1. The number of Topliss-reactive ketones (excluding diaryl/α,β-unsaturated/α-hetero) is 1. The molecule has 0 N–H and O–H groups in total. The fourth-order valence-corrected chi connectivity index (χ4v) is 3.30. The molecule has 0 aliphatic heterocycles. The summed E-state index contributed by atoms with van der Waals surface area (Å²) in [4.78, 5) is 11.0. The first kappa shape index (κ1) is 14.6. The normalized spacial score (nSPS) is 12.8. The van der Waals surface area contributed by atoms with Crippen LogP contribution in [0.15, 0.2) is 0 Å². The zero-order chi connectivity index (χ0) is 12.1. The molecule has 0 radical (unpaired) electrons. The lowest BCUT2D eigenvalue weighted by Gasteiger charge is -2.22. The molecule has 0 aliphatic rings. The van der Waals surface area contributed by atoms with Crippen LogP contribution >= 0.6 is 0 Å². The van der Waals surface area contributed by atoms with Crippen molar-refractivity contribution in [1.29, 1.82) is 0 Å². The van der Waals surface area contributed by atoms with E-state index in [1.54, 1.807) is 6.92 Å². The average molecular weight is 234 g/mol. The van der Waals surface area contributed by atoms with Crippen molar-refractivity contribution in [3.8, 4) is 0 Å². The lowest BCUT2D eigenvalue weighted by atomic mass is 9.85. The number of rotatable bonds is 7. The highest BCUT2D eigenvalue weighted by molar-refractivity contribution is 7.91. The van der Waals surface area contributed by atoms with Crippen LogP contribution in [-0.4, -0.2) is 25.7 Å². The summed E-state index contributed by atoms with van der Waals surface area (Å²) < 4.78 is 23.0. The van der Waals surface area contributed by atoms with E-state index in [9.17, 15) is 13.2 Å². The van der Waals surface area contributed by atoms with Crippen molar-refractivity contribution in [3.05, 3.63) is 0 Å². The molecular weight excluding hydrogens is 212 g/mol. The summed E-state index contributed by atoms with van der Waals surface area (Å²) in [6, 6.07) is 0. The van der Waals surface area contributed by atoms with Crippen molar-refractivity contribution in [1.82, 2.24) is 0 Å². The molecule has 0 aromatic heterocycles.